The fraction of sp³-hybridized carbons (Fsp3) is 0.214. The number of nitrogens with two attached hydrogens (primary N) is 1. The highest BCUT2D eigenvalue weighted by molar-refractivity contribution is 5.71. The van der Waals surface area contributed by atoms with E-state index in [0.717, 1.165) is 11.3 Å². The van der Waals surface area contributed by atoms with Gasteiger partial charge in [-0.2, -0.15) is 0 Å². The highest BCUT2D eigenvalue weighted by Gasteiger charge is 2.11. The summed E-state index contributed by atoms with van der Waals surface area (Å²) >= 11 is 0. The van der Waals surface area contributed by atoms with Crippen LogP contribution < -0.4 is 10.6 Å². The molecule has 1 aromatic carbocycles. The number of halogens is 1. The second kappa shape index (κ2) is 5.04. The van der Waals surface area contributed by atoms with E-state index in [1.807, 2.05) is 24.8 Å². The Morgan fingerprint density at radius 3 is 2.50 bits per heavy atom. The van der Waals surface area contributed by atoms with Crippen LogP contribution in [0.1, 0.15) is 12.5 Å². The SMILES string of the molecule is CCN(c1ccc(F)cc1)c1ncc(C)cc1N. The third-order valence-electron chi connectivity index (χ3n) is 2.74. The zero-order valence-corrected chi connectivity index (χ0v) is 10.5. The Labute approximate surface area is 106 Å². The van der Waals surface area contributed by atoms with E-state index in [1.165, 1.54) is 12.1 Å². The molecule has 3 nitrogen and oxygen atoms in total. The molecule has 0 radical (unpaired) electrons. The highest BCUT2D eigenvalue weighted by atomic mass is 19.1. The van der Waals surface area contributed by atoms with E-state index in [2.05, 4.69) is 4.98 Å². The normalized spacial score (nSPS) is 10.4. The van der Waals surface area contributed by atoms with Crippen molar-refractivity contribution >= 4 is 17.2 Å². The van der Waals surface area contributed by atoms with Crippen molar-refractivity contribution < 1.29 is 4.39 Å². The van der Waals surface area contributed by atoms with Gasteiger partial charge in [0.2, 0.25) is 0 Å². The Balaban J connectivity index is 2.41. The van der Waals surface area contributed by atoms with Crippen LogP contribution in [0.3, 0.4) is 0 Å². The number of anilines is 3. The maximum absolute atomic E-state index is 12.9. The molecule has 2 aromatic rings. The van der Waals surface area contributed by atoms with E-state index in [4.69, 9.17) is 5.73 Å². The minimum atomic E-state index is -0.250. The van der Waals surface area contributed by atoms with E-state index in [1.54, 1.807) is 18.3 Å². The predicted octanol–water partition coefficient (Wildman–Crippen LogP) is 3.27. The minimum absolute atomic E-state index is 0.250. The third kappa shape index (κ3) is 2.42. The second-order valence-corrected chi connectivity index (χ2v) is 4.15. The quantitative estimate of drug-likeness (QED) is 0.902. The van der Waals surface area contributed by atoms with Gasteiger partial charge in [-0.05, 0) is 49.7 Å². The molecule has 2 N–H and O–H groups in total. The summed E-state index contributed by atoms with van der Waals surface area (Å²) in [7, 11) is 0. The van der Waals surface area contributed by atoms with Gasteiger partial charge in [0.05, 0.1) is 5.69 Å². The first-order chi connectivity index (χ1) is 8.61. The number of rotatable bonds is 3. The second-order valence-electron chi connectivity index (χ2n) is 4.15. The maximum Gasteiger partial charge on any atom is 0.156 e. The lowest BCUT2D eigenvalue weighted by Gasteiger charge is -2.23. The van der Waals surface area contributed by atoms with E-state index >= 15 is 0 Å². The van der Waals surface area contributed by atoms with Crippen LogP contribution in [-0.2, 0) is 0 Å². The topological polar surface area (TPSA) is 42.2 Å². The standard InChI is InChI=1S/C14H16FN3/c1-3-18(12-6-4-11(15)5-7-12)14-13(16)8-10(2)9-17-14/h4-9H,3,16H2,1-2H3. The fourth-order valence-corrected chi connectivity index (χ4v) is 1.89. The molecule has 1 heterocycles. The zero-order valence-electron chi connectivity index (χ0n) is 10.5. The monoisotopic (exact) mass is 245 g/mol. The molecule has 94 valence electrons. The first kappa shape index (κ1) is 12.4. The molecule has 0 aliphatic carbocycles. The first-order valence-corrected chi connectivity index (χ1v) is 5.87. The number of nitrogen functional groups attached to an aromatic ring is 1. The average Bonchev–Trinajstić information content (AvgIpc) is 2.35. The minimum Gasteiger partial charge on any atom is -0.396 e. The maximum atomic E-state index is 12.9. The van der Waals surface area contributed by atoms with Gasteiger partial charge in [0.15, 0.2) is 5.82 Å². The van der Waals surface area contributed by atoms with Gasteiger partial charge in [-0.1, -0.05) is 0 Å². The van der Waals surface area contributed by atoms with Crippen LogP contribution in [0.25, 0.3) is 0 Å². The Kier molecular flexibility index (Phi) is 3.46. The van der Waals surface area contributed by atoms with E-state index in [-0.39, 0.29) is 5.82 Å². The van der Waals surface area contributed by atoms with Gasteiger partial charge in [-0.15, -0.1) is 0 Å². The molecule has 0 fully saturated rings. The predicted molar refractivity (Wildman–Crippen MR) is 72.5 cm³/mol. The molecular weight excluding hydrogens is 229 g/mol. The lowest BCUT2D eigenvalue weighted by atomic mass is 10.2. The van der Waals surface area contributed by atoms with Crippen molar-refractivity contribution in [1.29, 1.82) is 0 Å². The number of pyridine rings is 1. The number of benzene rings is 1. The van der Waals surface area contributed by atoms with E-state index in [0.29, 0.717) is 18.1 Å². The molecule has 4 heteroatoms. The Morgan fingerprint density at radius 1 is 1.28 bits per heavy atom. The summed E-state index contributed by atoms with van der Waals surface area (Å²) in [5.74, 6) is 0.453. The average molecular weight is 245 g/mol. The van der Waals surface area contributed by atoms with Gasteiger partial charge in [0.25, 0.3) is 0 Å². The van der Waals surface area contributed by atoms with Crippen LogP contribution in [-0.4, -0.2) is 11.5 Å². The van der Waals surface area contributed by atoms with Gasteiger partial charge in [-0.25, -0.2) is 9.37 Å². The third-order valence-corrected chi connectivity index (χ3v) is 2.74. The molecule has 18 heavy (non-hydrogen) atoms. The molecule has 0 unspecified atom stereocenters. The van der Waals surface area contributed by atoms with Gasteiger partial charge in [0.1, 0.15) is 5.82 Å². The molecule has 0 amide bonds. The van der Waals surface area contributed by atoms with Crippen LogP contribution in [0.15, 0.2) is 36.5 Å². The van der Waals surface area contributed by atoms with Crippen LogP contribution in [0, 0.1) is 12.7 Å². The Bertz CT molecular complexity index is 537. The Hall–Kier alpha value is -2.10. The highest BCUT2D eigenvalue weighted by Crippen LogP contribution is 2.28. The van der Waals surface area contributed by atoms with Crippen molar-refractivity contribution in [3.8, 4) is 0 Å². The Morgan fingerprint density at radius 2 is 1.94 bits per heavy atom. The van der Waals surface area contributed by atoms with E-state index in [9.17, 15) is 4.39 Å². The van der Waals surface area contributed by atoms with Gasteiger partial charge >= 0.3 is 0 Å². The molecule has 2 rings (SSSR count). The van der Waals surface area contributed by atoms with Crippen molar-refractivity contribution in [3.05, 3.63) is 47.9 Å². The molecular formula is C14H16FN3. The van der Waals surface area contributed by atoms with Crippen molar-refractivity contribution in [2.75, 3.05) is 17.2 Å². The summed E-state index contributed by atoms with van der Waals surface area (Å²) in [6.07, 6.45) is 1.78. The number of aryl methyl sites for hydroxylation is 1. The zero-order chi connectivity index (χ0) is 13.1. The molecule has 0 saturated carbocycles. The van der Waals surface area contributed by atoms with Crippen LogP contribution >= 0.6 is 0 Å². The van der Waals surface area contributed by atoms with Crippen molar-refractivity contribution in [2.24, 2.45) is 0 Å². The summed E-state index contributed by atoms with van der Waals surface area (Å²) in [6.45, 7) is 4.66. The summed E-state index contributed by atoms with van der Waals surface area (Å²) in [5, 5.41) is 0. The van der Waals surface area contributed by atoms with Crippen LogP contribution in [0.4, 0.5) is 21.6 Å². The lowest BCUT2D eigenvalue weighted by molar-refractivity contribution is 0.628. The summed E-state index contributed by atoms with van der Waals surface area (Å²) in [4.78, 5) is 6.31. The van der Waals surface area contributed by atoms with Gasteiger partial charge in [0, 0.05) is 18.4 Å². The molecule has 0 saturated heterocycles. The largest absolute Gasteiger partial charge is 0.396 e. The van der Waals surface area contributed by atoms with Crippen LogP contribution in [0.5, 0.6) is 0 Å². The molecule has 0 aliphatic heterocycles. The molecule has 0 spiro atoms. The van der Waals surface area contributed by atoms with Crippen LogP contribution in [0.2, 0.25) is 0 Å². The first-order valence-electron chi connectivity index (χ1n) is 5.87. The van der Waals surface area contributed by atoms with Crippen molar-refractivity contribution in [1.82, 2.24) is 4.98 Å². The summed E-state index contributed by atoms with van der Waals surface area (Å²) < 4.78 is 12.9. The van der Waals surface area contributed by atoms with Crippen molar-refractivity contribution in [2.45, 2.75) is 13.8 Å². The van der Waals surface area contributed by atoms with E-state index < -0.39 is 0 Å². The number of aromatic nitrogens is 1. The van der Waals surface area contributed by atoms with Gasteiger partial charge < -0.3 is 10.6 Å². The lowest BCUT2D eigenvalue weighted by Crippen LogP contribution is -2.19. The molecule has 0 aliphatic rings. The van der Waals surface area contributed by atoms with Gasteiger partial charge in [-0.3, -0.25) is 0 Å². The molecule has 1 aromatic heterocycles. The summed E-state index contributed by atoms with van der Waals surface area (Å²) in [5.41, 5.74) is 8.51. The molecule has 0 atom stereocenters. The number of hydrogen-bond donors (Lipinski definition) is 1. The fourth-order valence-electron chi connectivity index (χ4n) is 1.89. The van der Waals surface area contributed by atoms with Crippen molar-refractivity contribution in [3.63, 3.8) is 0 Å². The number of nitrogens with zero attached hydrogens (tertiary/aromatic N) is 2. The molecule has 0 bridgehead atoms. The summed E-state index contributed by atoms with van der Waals surface area (Å²) in [6, 6.07) is 8.19. The number of hydrogen-bond acceptors (Lipinski definition) is 3. The smallest absolute Gasteiger partial charge is 0.156 e.